The molecule has 0 aliphatic rings. The van der Waals surface area contributed by atoms with Crippen molar-refractivity contribution in [2.75, 3.05) is 11.1 Å². The number of aromatic nitrogens is 2. The maximum atomic E-state index is 11.9. The summed E-state index contributed by atoms with van der Waals surface area (Å²) in [5.74, 6) is -0.243. The molecule has 0 fully saturated rings. The first kappa shape index (κ1) is 12.0. The lowest BCUT2D eigenvalue weighted by atomic mass is 10.1. The maximum Gasteiger partial charge on any atom is 0.258 e. The first-order valence-corrected chi connectivity index (χ1v) is 6.33. The molecule has 1 aromatic carbocycles. The quantitative estimate of drug-likeness (QED) is 0.892. The summed E-state index contributed by atoms with van der Waals surface area (Å²) in [6.45, 7) is 1.96. The lowest BCUT2D eigenvalue weighted by Crippen LogP contribution is -2.12. The lowest BCUT2D eigenvalue weighted by Gasteiger charge is -2.04. The van der Waals surface area contributed by atoms with Gasteiger partial charge in [0.05, 0.1) is 5.56 Å². The van der Waals surface area contributed by atoms with Crippen LogP contribution in [-0.2, 0) is 0 Å². The number of aryl methyl sites for hydroxylation is 1. The third-order valence-corrected chi connectivity index (χ3v) is 3.35. The molecule has 0 bridgehead atoms. The highest BCUT2D eigenvalue weighted by molar-refractivity contribution is 9.10. The Morgan fingerprint density at radius 1 is 1.47 bits per heavy atom. The fourth-order valence-corrected chi connectivity index (χ4v) is 2.43. The Hall–Kier alpha value is -1.47. The van der Waals surface area contributed by atoms with Crippen molar-refractivity contribution in [1.29, 1.82) is 0 Å². The minimum absolute atomic E-state index is 0.243. The van der Waals surface area contributed by atoms with E-state index in [1.54, 1.807) is 6.07 Å². The van der Waals surface area contributed by atoms with Gasteiger partial charge in [-0.25, -0.2) is 0 Å². The van der Waals surface area contributed by atoms with E-state index in [4.69, 9.17) is 5.73 Å². The Morgan fingerprint density at radius 3 is 2.82 bits per heavy atom. The summed E-state index contributed by atoms with van der Waals surface area (Å²) < 4.78 is 0.743. The number of benzene rings is 1. The van der Waals surface area contributed by atoms with E-state index in [0.717, 1.165) is 21.4 Å². The number of halogens is 1. The van der Waals surface area contributed by atoms with Crippen LogP contribution in [0, 0.1) is 6.92 Å². The van der Waals surface area contributed by atoms with Crippen LogP contribution in [0.2, 0.25) is 0 Å². The Morgan fingerprint density at radius 2 is 2.24 bits per heavy atom. The van der Waals surface area contributed by atoms with Crippen molar-refractivity contribution in [1.82, 2.24) is 10.2 Å². The average Bonchev–Trinajstić information content (AvgIpc) is 2.63. The second-order valence-corrected chi connectivity index (χ2v) is 5.25. The number of carbonyl (C=O) groups is 1. The van der Waals surface area contributed by atoms with Crippen molar-refractivity contribution in [3.63, 3.8) is 0 Å². The largest absolute Gasteiger partial charge is 0.374 e. The van der Waals surface area contributed by atoms with E-state index in [1.807, 2.05) is 19.1 Å². The van der Waals surface area contributed by atoms with Gasteiger partial charge in [0.25, 0.3) is 5.91 Å². The number of hydrogen-bond donors (Lipinski definition) is 2. The SMILES string of the molecule is Cc1ccc(C(=O)Nc2nnc(N)s2)c(Br)c1. The fourth-order valence-electron chi connectivity index (χ4n) is 1.25. The first-order chi connectivity index (χ1) is 8.06. The monoisotopic (exact) mass is 312 g/mol. The normalized spacial score (nSPS) is 10.2. The molecule has 2 aromatic rings. The van der Waals surface area contributed by atoms with Crippen LogP contribution in [-0.4, -0.2) is 16.1 Å². The molecule has 88 valence electrons. The van der Waals surface area contributed by atoms with E-state index in [1.165, 1.54) is 0 Å². The molecular weight excluding hydrogens is 304 g/mol. The van der Waals surface area contributed by atoms with Gasteiger partial charge in [0.2, 0.25) is 10.3 Å². The molecule has 1 aromatic heterocycles. The maximum absolute atomic E-state index is 11.9. The highest BCUT2D eigenvalue weighted by atomic mass is 79.9. The highest BCUT2D eigenvalue weighted by Gasteiger charge is 2.12. The summed E-state index contributed by atoms with van der Waals surface area (Å²) in [5.41, 5.74) is 7.05. The number of anilines is 2. The van der Waals surface area contributed by atoms with Crippen LogP contribution in [0.25, 0.3) is 0 Å². The van der Waals surface area contributed by atoms with E-state index in [0.29, 0.717) is 15.8 Å². The van der Waals surface area contributed by atoms with Crippen LogP contribution in [0.3, 0.4) is 0 Å². The van der Waals surface area contributed by atoms with Crippen LogP contribution >= 0.6 is 27.3 Å². The van der Waals surface area contributed by atoms with Crippen molar-refractivity contribution in [3.8, 4) is 0 Å². The minimum atomic E-state index is -0.243. The number of hydrogen-bond acceptors (Lipinski definition) is 5. The molecule has 1 heterocycles. The standard InChI is InChI=1S/C10H9BrN4OS/c1-5-2-3-6(7(11)4-5)8(16)13-10-15-14-9(12)17-10/h2-4H,1H3,(H2,12,14)(H,13,15,16). The van der Waals surface area contributed by atoms with Crippen LogP contribution < -0.4 is 11.1 Å². The number of rotatable bonds is 2. The molecule has 3 N–H and O–H groups in total. The van der Waals surface area contributed by atoms with E-state index in [2.05, 4.69) is 31.4 Å². The molecule has 0 atom stereocenters. The summed E-state index contributed by atoms with van der Waals surface area (Å²) in [6.07, 6.45) is 0. The molecule has 0 aliphatic carbocycles. The van der Waals surface area contributed by atoms with Crippen molar-refractivity contribution in [3.05, 3.63) is 33.8 Å². The number of carbonyl (C=O) groups excluding carboxylic acids is 1. The van der Waals surface area contributed by atoms with E-state index in [-0.39, 0.29) is 5.91 Å². The molecular formula is C10H9BrN4OS. The van der Waals surface area contributed by atoms with Gasteiger partial charge in [-0.1, -0.05) is 17.4 Å². The predicted octanol–water partition coefficient (Wildman–Crippen LogP) is 2.44. The molecule has 1 amide bonds. The van der Waals surface area contributed by atoms with Crippen molar-refractivity contribution in [2.24, 2.45) is 0 Å². The lowest BCUT2D eigenvalue weighted by molar-refractivity contribution is 0.102. The third-order valence-electron chi connectivity index (χ3n) is 2.03. The number of nitrogens with two attached hydrogens (primary N) is 1. The first-order valence-electron chi connectivity index (χ1n) is 4.73. The Labute approximate surface area is 110 Å². The molecule has 0 saturated carbocycles. The van der Waals surface area contributed by atoms with E-state index in [9.17, 15) is 4.79 Å². The average molecular weight is 313 g/mol. The smallest absolute Gasteiger partial charge is 0.258 e. The summed E-state index contributed by atoms with van der Waals surface area (Å²) in [6, 6.07) is 5.50. The zero-order valence-electron chi connectivity index (χ0n) is 8.90. The summed E-state index contributed by atoms with van der Waals surface area (Å²) >= 11 is 4.48. The van der Waals surface area contributed by atoms with Crippen LogP contribution in [0.4, 0.5) is 10.3 Å². The second-order valence-electron chi connectivity index (χ2n) is 3.38. The number of nitrogens with one attached hydrogen (secondary N) is 1. The highest BCUT2D eigenvalue weighted by Crippen LogP contribution is 2.21. The number of nitrogen functional groups attached to an aromatic ring is 1. The molecule has 7 heteroatoms. The molecule has 0 unspecified atom stereocenters. The second kappa shape index (κ2) is 4.80. The van der Waals surface area contributed by atoms with Crippen molar-refractivity contribution in [2.45, 2.75) is 6.92 Å². The molecule has 5 nitrogen and oxygen atoms in total. The van der Waals surface area contributed by atoms with Gasteiger partial charge < -0.3 is 5.73 Å². The molecule has 0 radical (unpaired) electrons. The number of nitrogens with zero attached hydrogens (tertiary/aromatic N) is 2. The molecule has 0 aliphatic heterocycles. The Balaban J connectivity index is 2.20. The zero-order chi connectivity index (χ0) is 12.4. The van der Waals surface area contributed by atoms with Gasteiger partial charge in [-0.15, -0.1) is 10.2 Å². The molecule has 2 rings (SSSR count). The van der Waals surface area contributed by atoms with Gasteiger partial charge in [-0.3, -0.25) is 10.1 Å². The predicted molar refractivity (Wildman–Crippen MR) is 71.2 cm³/mol. The third kappa shape index (κ3) is 2.80. The fraction of sp³-hybridized carbons (Fsp3) is 0.100. The Bertz CT molecular complexity index is 569. The van der Waals surface area contributed by atoms with Gasteiger partial charge in [0.1, 0.15) is 0 Å². The van der Waals surface area contributed by atoms with Crippen LogP contribution in [0.5, 0.6) is 0 Å². The van der Waals surface area contributed by atoms with Gasteiger partial charge in [-0.05, 0) is 40.5 Å². The summed E-state index contributed by atoms with van der Waals surface area (Å²) in [4.78, 5) is 11.9. The number of amides is 1. The Kier molecular flexibility index (Phi) is 3.39. The molecule has 0 saturated heterocycles. The van der Waals surface area contributed by atoms with E-state index >= 15 is 0 Å². The minimum Gasteiger partial charge on any atom is -0.374 e. The van der Waals surface area contributed by atoms with E-state index < -0.39 is 0 Å². The van der Waals surface area contributed by atoms with Gasteiger partial charge in [-0.2, -0.15) is 0 Å². The van der Waals surface area contributed by atoms with Crippen molar-refractivity contribution < 1.29 is 4.79 Å². The van der Waals surface area contributed by atoms with Crippen molar-refractivity contribution >= 4 is 43.4 Å². The van der Waals surface area contributed by atoms with Gasteiger partial charge in [0.15, 0.2) is 0 Å². The van der Waals surface area contributed by atoms with Gasteiger partial charge >= 0.3 is 0 Å². The zero-order valence-corrected chi connectivity index (χ0v) is 11.3. The van der Waals surface area contributed by atoms with Gasteiger partial charge in [0, 0.05) is 4.47 Å². The molecule has 0 spiro atoms. The van der Waals surface area contributed by atoms with Crippen LogP contribution in [0.15, 0.2) is 22.7 Å². The summed E-state index contributed by atoms with van der Waals surface area (Å²) in [5, 5.41) is 10.7. The molecule has 17 heavy (non-hydrogen) atoms. The summed E-state index contributed by atoms with van der Waals surface area (Å²) in [7, 11) is 0. The van der Waals surface area contributed by atoms with Crippen LogP contribution in [0.1, 0.15) is 15.9 Å². The topological polar surface area (TPSA) is 80.9 Å².